The van der Waals surface area contributed by atoms with Crippen LogP contribution in [0.3, 0.4) is 0 Å². The van der Waals surface area contributed by atoms with Gasteiger partial charge in [0.15, 0.2) is 0 Å². The molecule has 0 atom stereocenters. The molecule has 0 radical (unpaired) electrons. The number of phenolic OH excluding ortho intramolecular Hbond substituents is 1. The molecule has 0 bridgehead atoms. The van der Waals surface area contributed by atoms with E-state index in [1.807, 2.05) is 12.1 Å². The molecule has 0 aliphatic rings. The first kappa shape index (κ1) is 15.0. The van der Waals surface area contributed by atoms with Gasteiger partial charge in [0.25, 0.3) is 0 Å². The average molecular weight is 249 g/mol. The molecule has 1 aromatic rings. The molecule has 0 heterocycles. The van der Waals surface area contributed by atoms with Crippen LogP contribution in [0, 0.1) is 5.41 Å². The normalized spacial score (nSPS) is 11.7. The van der Waals surface area contributed by atoms with Gasteiger partial charge in [-0.05, 0) is 29.5 Å². The predicted molar refractivity (Wildman–Crippen MR) is 77.7 cm³/mol. The van der Waals surface area contributed by atoms with Crippen molar-refractivity contribution in [3.05, 3.63) is 29.8 Å². The van der Waals surface area contributed by atoms with Crippen LogP contribution < -0.4 is 5.32 Å². The molecule has 0 spiro atoms. The van der Waals surface area contributed by atoms with Crippen LogP contribution in [0.15, 0.2) is 24.3 Å². The van der Waals surface area contributed by atoms with E-state index in [4.69, 9.17) is 0 Å². The summed E-state index contributed by atoms with van der Waals surface area (Å²) >= 11 is 0. The Balaban J connectivity index is 2.25. The second kappa shape index (κ2) is 7.42. The number of unbranched alkanes of at least 4 members (excludes halogenated alkanes) is 2. The molecule has 0 aromatic heterocycles. The van der Waals surface area contributed by atoms with E-state index in [-0.39, 0.29) is 0 Å². The Morgan fingerprint density at radius 3 is 2.39 bits per heavy atom. The third kappa shape index (κ3) is 6.06. The highest BCUT2D eigenvalue weighted by Gasteiger charge is 2.16. The minimum Gasteiger partial charge on any atom is -0.508 e. The van der Waals surface area contributed by atoms with E-state index in [1.165, 1.54) is 31.2 Å². The number of rotatable bonds is 8. The maximum atomic E-state index is 9.21. The first-order valence-electron chi connectivity index (χ1n) is 7.02. The van der Waals surface area contributed by atoms with Crippen molar-refractivity contribution < 1.29 is 5.11 Å². The van der Waals surface area contributed by atoms with E-state index >= 15 is 0 Å². The summed E-state index contributed by atoms with van der Waals surface area (Å²) in [6.45, 7) is 8.81. The summed E-state index contributed by atoms with van der Waals surface area (Å²) in [5.74, 6) is 0.332. The Morgan fingerprint density at radius 2 is 1.78 bits per heavy atom. The molecular formula is C16H27NO. The van der Waals surface area contributed by atoms with Gasteiger partial charge in [-0.15, -0.1) is 0 Å². The SMILES string of the molecule is CCCCCC(C)(C)CNCc1ccc(O)cc1. The quantitative estimate of drug-likeness (QED) is 0.680. The zero-order chi connectivity index (χ0) is 13.4. The summed E-state index contributed by atoms with van der Waals surface area (Å²) in [7, 11) is 0. The molecule has 18 heavy (non-hydrogen) atoms. The van der Waals surface area contributed by atoms with Crippen LogP contribution in [0.5, 0.6) is 5.75 Å². The van der Waals surface area contributed by atoms with Gasteiger partial charge in [0.2, 0.25) is 0 Å². The van der Waals surface area contributed by atoms with Gasteiger partial charge in [0, 0.05) is 13.1 Å². The lowest BCUT2D eigenvalue weighted by Crippen LogP contribution is -2.29. The van der Waals surface area contributed by atoms with Crippen LogP contribution in [0.4, 0.5) is 0 Å². The summed E-state index contributed by atoms with van der Waals surface area (Å²) in [6, 6.07) is 7.41. The van der Waals surface area contributed by atoms with Crippen LogP contribution in [0.2, 0.25) is 0 Å². The Hall–Kier alpha value is -1.02. The van der Waals surface area contributed by atoms with Crippen molar-refractivity contribution >= 4 is 0 Å². The van der Waals surface area contributed by atoms with E-state index in [9.17, 15) is 5.11 Å². The van der Waals surface area contributed by atoms with Gasteiger partial charge < -0.3 is 10.4 Å². The average Bonchev–Trinajstić information content (AvgIpc) is 2.32. The van der Waals surface area contributed by atoms with Crippen molar-refractivity contribution in [3.8, 4) is 5.75 Å². The minimum absolute atomic E-state index is 0.332. The smallest absolute Gasteiger partial charge is 0.115 e. The highest BCUT2D eigenvalue weighted by Crippen LogP contribution is 2.22. The molecule has 102 valence electrons. The minimum atomic E-state index is 0.332. The summed E-state index contributed by atoms with van der Waals surface area (Å²) < 4.78 is 0. The summed E-state index contributed by atoms with van der Waals surface area (Å²) in [6.07, 6.45) is 5.23. The van der Waals surface area contributed by atoms with Crippen molar-refractivity contribution in [1.29, 1.82) is 0 Å². The third-order valence-electron chi connectivity index (χ3n) is 3.33. The number of hydrogen-bond acceptors (Lipinski definition) is 2. The lowest BCUT2D eigenvalue weighted by molar-refractivity contribution is 0.302. The highest BCUT2D eigenvalue weighted by atomic mass is 16.3. The molecule has 2 heteroatoms. The predicted octanol–water partition coefficient (Wildman–Crippen LogP) is 4.09. The monoisotopic (exact) mass is 249 g/mol. The molecule has 0 aliphatic heterocycles. The fraction of sp³-hybridized carbons (Fsp3) is 0.625. The van der Waals surface area contributed by atoms with Crippen LogP contribution in [0.1, 0.15) is 52.0 Å². The number of aromatic hydroxyl groups is 1. The fourth-order valence-corrected chi connectivity index (χ4v) is 2.10. The third-order valence-corrected chi connectivity index (χ3v) is 3.33. The topological polar surface area (TPSA) is 32.3 Å². The number of hydrogen-bond donors (Lipinski definition) is 2. The molecule has 2 N–H and O–H groups in total. The summed E-state index contributed by atoms with van der Waals surface area (Å²) in [5, 5.41) is 12.7. The molecular weight excluding hydrogens is 222 g/mol. The van der Waals surface area contributed by atoms with Crippen LogP contribution in [0.25, 0.3) is 0 Å². The molecule has 0 saturated carbocycles. The first-order chi connectivity index (χ1) is 8.53. The zero-order valence-electron chi connectivity index (χ0n) is 12.0. The Morgan fingerprint density at radius 1 is 1.11 bits per heavy atom. The van der Waals surface area contributed by atoms with Gasteiger partial charge in [-0.25, -0.2) is 0 Å². The molecule has 1 rings (SSSR count). The van der Waals surface area contributed by atoms with E-state index in [1.54, 1.807) is 12.1 Å². The van der Waals surface area contributed by atoms with Gasteiger partial charge >= 0.3 is 0 Å². The summed E-state index contributed by atoms with van der Waals surface area (Å²) in [4.78, 5) is 0. The largest absolute Gasteiger partial charge is 0.508 e. The van der Waals surface area contributed by atoms with Gasteiger partial charge in [-0.3, -0.25) is 0 Å². The number of benzene rings is 1. The van der Waals surface area contributed by atoms with Crippen LogP contribution in [-0.2, 0) is 6.54 Å². The maximum absolute atomic E-state index is 9.21. The van der Waals surface area contributed by atoms with Gasteiger partial charge in [0.1, 0.15) is 5.75 Å². The lowest BCUT2D eigenvalue weighted by atomic mass is 9.87. The van der Waals surface area contributed by atoms with Gasteiger partial charge in [0.05, 0.1) is 0 Å². The van der Waals surface area contributed by atoms with Crippen molar-refractivity contribution in [2.24, 2.45) is 5.41 Å². The number of phenols is 1. The molecule has 1 aromatic carbocycles. The van der Waals surface area contributed by atoms with Crippen LogP contribution >= 0.6 is 0 Å². The number of nitrogens with one attached hydrogen (secondary N) is 1. The first-order valence-corrected chi connectivity index (χ1v) is 7.02. The van der Waals surface area contributed by atoms with Crippen molar-refractivity contribution in [2.75, 3.05) is 6.54 Å². The molecule has 0 amide bonds. The van der Waals surface area contributed by atoms with E-state index in [0.29, 0.717) is 11.2 Å². The van der Waals surface area contributed by atoms with Gasteiger partial charge in [-0.2, -0.15) is 0 Å². The Kier molecular flexibility index (Phi) is 6.20. The Bertz CT molecular complexity index is 329. The molecule has 0 fully saturated rings. The standard InChI is InChI=1S/C16H27NO/c1-4-5-6-11-16(2,3)13-17-12-14-7-9-15(18)10-8-14/h7-10,17-18H,4-6,11-13H2,1-3H3. The van der Waals surface area contributed by atoms with Crippen molar-refractivity contribution in [1.82, 2.24) is 5.32 Å². The van der Waals surface area contributed by atoms with Crippen molar-refractivity contribution in [3.63, 3.8) is 0 Å². The molecule has 0 saturated heterocycles. The van der Waals surface area contributed by atoms with E-state index < -0.39 is 0 Å². The summed E-state index contributed by atoms with van der Waals surface area (Å²) in [5.41, 5.74) is 1.59. The van der Waals surface area contributed by atoms with E-state index in [2.05, 4.69) is 26.1 Å². The maximum Gasteiger partial charge on any atom is 0.115 e. The van der Waals surface area contributed by atoms with E-state index in [0.717, 1.165) is 13.1 Å². The zero-order valence-corrected chi connectivity index (χ0v) is 12.0. The van der Waals surface area contributed by atoms with Gasteiger partial charge in [-0.1, -0.05) is 52.2 Å². The molecule has 0 unspecified atom stereocenters. The van der Waals surface area contributed by atoms with Crippen LogP contribution in [-0.4, -0.2) is 11.7 Å². The lowest BCUT2D eigenvalue weighted by Gasteiger charge is -2.25. The van der Waals surface area contributed by atoms with Crippen molar-refractivity contribution in [2.45, 2.75) is 53.0 Å². The fourth-order valence-electron chi connectivity index (χ4n) is 2.10. The molecule has 2 nitrogen and oxygen atoms in total. The Labute approximate surface area is 111 Å². The molecule has 0 aliphatic carbocycles. The highest BCUT2D eigenvalue weighted by molar-refractivity contribution is 5.25. The second-order valence-corrected chi connectivity index (χ2v) is 5.89. The second-order valence-electron chi connectivity index (χ2n) is 5.89.